The molecule has 106 valence electrons. The molecule has 20 heavy (non-hydrogen) atoms. The molecule has 0 fully saturated rings. The van der Waals surface area contributed by atoms with Gasteiger partial charge < -0.3 is 5.11 Å². The fourth-order valence-corrected chi connectivity index (χ4v) is 2.11. The second kappa shape index (κ2) is 6.84. The molecule has 5 nitrogen and oxygen atoms in total. The number of carboxylic acids is 1. The number of rotatable bonds is 7. The summed E-state index contributed by atoms with van der Waals surface area (Å²) in [7, 11) is 0. The molecule has 1 N–H and O–H groups in total. The van der Waals surface area contributed by atoms with Crippen LogP contribution >= 0.6 is 0 Å². The molecule has 0 spiro atoms. The second-order valence-electron chi connectivity index (χ2n) is 4.90. The Hall–Kier alpha value is -2.17. The highest BCUT2D eigenvalue weighted by molar-refractivity contribution is 5.66. The van der Waals surface area contributed by atoms with Gasteiger partial charge in [-0.2, -0.15) is 0 Å². The van der Waals surface area contributed by atoms with Gasteiger partial charge in [-0.1, -0.05) is 29.8 Å². The standard InChI is InChI=1S/C15H19N3O2/c1-12-7-5-6-9-14(12)18-11-13(16-17-18)8-3-2-4-10-15(19)20/h5-7,9,11H,2-4,8,10H2,1H3,(H,19,20). The summed E-state index contributed by atoms with van der Waals surface area (Å²) in [5, 5.41) is 16.9. The van der Waals surface area contributed by atoms with Gasteiger partial charge in [-0.15, -0.1) is 5.10 Å². The lowest BCUT2D eigenvalue weighted by Gasteiger charge is -2.03. The lowest BCUT2D eigenvalue weighted by molar-refractivity contribution is -0.137. The zero-order chi connectivity index (χ0) is 14.4. The van der Waals surface area contributed by atoms with E-state index >= 15 is 0 Å². The van der Waals surface area contributed by atoms with Gasteiger partial charge in [0.2, 0.25) is 0 Å². The molecule has 5 heteroatoms. The molecule has 1 aromatic carbocycles. The van der Waals surface area contributed by atoms with Crippen molar-refractivity contribution in [2.45, 2.75) is 39.0 Å². The van der Waals surface area contributed by atoms with Gasteiger partial charge in [0.1, 0.15) is 0 Å². The van der Waals surface area contributed by atoms with Crippen molar-refractivity contribution in [3.05, 3.63) is 41.7 Å². The summed E-state index contributed by atoms with van der Waals surface area (Å²) in [4.78, 5) is 10.4. The average Bonchev–Trinajstić information content (AvgIpc) is 2.87. The van der Waals surface area contributed by atoms with Crippen LogP contribution in [0.15, 0.2) is 30.5 Å². The zero-order valence-electron chi connectivity index (χ0n) is 11.6. The van der Waals surface area contributed by atoms with Crippen LogP contribution in [0.3, 0.4) is 0 Å². The van der Waals surface area contributed by atoms with Gasteiger partial charge in [0, 0.05) is 6.42 Å². The molecule has 0 aliphatic carbocycles. The first kappa shape index (κ1) is 14.2. The maximum atomic E-state index is 10.4. The summed E-state index contributed by atoms with van der Waals surface area (Å²) in [6.07, 6.45) is 5.60. The van der Waals surface area contributed by atoms with Crippen molar-refractivity contribution in [3.8, 4) is 5.69 Å². The van der Waals surface area contributed by atoms with E-state index in [-0.39, 0.29) is 6.42 Å². The molecule has 2 rings (SSSR count). The first-order chi connectivity index (χ1) is 9.66. The Morgan fingerprint density at radius 3 is 2.80 bits per heavy atom. The number of unbranched alkanes of at least 4 members (excludes halogenated alkanes) is 2. The van der Waals surface area contributed by atoms with Crippen LogP contribution in [0.5, 0.6) is 0 Å². The fraction of sp³-hybridized carbons (Fsp3) is 0.400. The number of aryl methyl sites for hydroxylation is 2. The van der Waals surface area contributed by atoms with Crippen LogP contribution < -0.4 is 0 Å². The molecule has 0 aliphatic heterocycles. The normalized spacial score (nSPS) is 10.7. The van der Waals surface area contributed by atoms with E-state index in [2.05, 4.69) is 10.3 Å². The monoisotopic (exact) mass is 273 g/mol. The lowest BCUT2D eigenvalue weighted by atomic mass is 10.1. The van der Waals surface area contributed by atoms with E-state index in [1.54, 1.807) is 4.68 Å². The Kier molecular flexibility index (Phi) is 4.87. The highest BCUT2D eigenvalue weighted by Crippen LogP contribution is 2.13. The predicted octanol–water partition coefficient (Wildman–Crippen LogP) is 2.76. The number of aromatic nitrogens is 3. The Bertz CT molecular complexity index is 578. The smallest absolute Gasteiger partial charge is 0.303 e. The SMILES string of the molecule is Cc1ccccc1-n1cc(CCCCCC(=O)O)nn1. The van der Waals surface area contributed by atoms with Crippen molar-refractivity contribution >= 4 is 5.97 Å². The molecule has 0 aliphatic rings. The largest absolute Gasteiger partial charge is 0.481 e. The third kappa shape index (κ3) is 3.91. The molecular formula is C15H19N3O2. The molecule has 0 unspecified atom stereocenters. The zero-order valence-corrected chi connectivity index (χ0v) is 11.6. The quantitative estimate of drug-likeness (QED) is 0.788. The third-order valence-corrected chi connectivity index (χ3v) is 3.23. The summed E-state index contributed by atoms with van der Waals surface area (Å²) in [6, 6.07) is 8.04. The summed E-state index contributed by atoms with van der Waals surface area (Å²) in [5.74, 6) is -0.726. The van der Waals surface area contributed by atoms with Crippen molar-refractivity contribution in [1.82, 2.24) is 15.0 Å². The van der Waals surface area contributed by atoms with E-state index in [1.807, 2.05) is 37.4 Å². The van der Waals surface area contributed by atoms with Crippen molar-refractivity contribution in [1.29, 1.82) is 0 Å². The summed E-state index contributed by atoms with van der Waals surface area (Å²) in [6.45, 7) is 2.04. The Balaban J connectivity index is 1.87. The number of benzene rings is 1. The molecule has 0 saturated heterocycles. The molecule has 0 bridgehead atoms. The maximum Gasteiger partial charge on any atom is 0.303 e. The molecule has 0 radical (unpaired) electrons. The van der Waals surface area contributed by atoms with Gasteiger partial charge in [0.05, 0.1) is 17.6 Å². The molecule has 2 aromatic rings. The van der Waals surface area contributed by atoms with E-state index in [0.29, 0.717) is 0 Å². The molecular weight excluding hydrogens is 254 g/mol. The summed E-state index contributed by atoms with van der Waals surface area (Å²) < 4.78 is 1.79. The highest BCUT2D eigenvalue weighted by atomic mass is 16.4. The van der Waals surface area contributed by atoms with E-state index < -0.39 is 5.97 Å². The van der Waals surface area contributed by atoms with Gasteiger partial charge in [0.25, 0.3) is 0 Å². The summed E-state index contributed by atoms with van der Waals surface area (Å²) >= 11 is 0. The predicted molar refractivity (Wildman–Crippen MR) is 75.9 cm³/mol. The van der Waals surface area contributed by atoms with Crippen LogP contribution in [0, 0.1) is 6.92 Å². The van der Waals surface area contributed by atoms with Crippen molar-refractivity contribution < 1.29 is 9.90 Å². The van der Waals surface area contributed by atoms with Gasteiger partial charge in [0.15, 0.2) is 0 Å². The van der Waals surface area contributed by atoms with Crippen LogP contribution in [-0.4, -0.2) is 26.1 Å². The molecule has 1 heterocycles. The number of hydrogen-bond acceptors (Lipinski definition) is 3. The Labute approximate surface area is 118 Å². The molecule has 0 amide bonds. The Morgan fingerprint density at radius 2 is 2.05 bits per heavy atom. The first-order valence-electron chi connectivity index (χ1n) is 6.86. The van der Waals surface area contributed by atoms with E-state index in [0.717, 1.165) is 42.6 Å². The third-order valence-electron chi connectivity index (χ3n) is 3.23. The topological polar surface area (TPSA) is 68.0 Å². The Morgan fingerprint density at radius 1 is 1.25 bits per heavy atom. The number of nitrogens with zero attached hydrogens (tertiary/aromatic N) is 3. The average molecular weight is 273 g/mol. The lowest BCUT2D eigenvalue weighted by Crippen LogP contribution is -1.97. The van der Waals surface area contributed by atoms with E-state index in [1.165, 1.54) is 0 Å². The fourth-order valence-electron chi connectivity index (χ4n) is 2.11. The molecule has 1 aromatic heterocycles. The number of carbonyl (C=O) groups is 1. The first-order valence-corrected chi connectivity index (χ1v) is 6.86. The minimum absolute atomic E-state index is 0.246. The number of hydrogen-bond donors (Lipinski definition) is 1. The number of carboxylic acid groups (broad SMARTS) is 1. The molecule has 0 saturated carbocycles. The van der Waals surface area contributed by atoms with Crippen LogP contribution in [0.25, 0.3) is 5.69 Å². The molecule has 0 atom stereocenters. The second-order valence-corrected chi connectivity index (χ2v) is 4.90. The highest BCUT2D eigenvalue weighted by Gasteiger charge is 2.05. The van der Waals surface area contributed by atoms with Crippen molar-refractivity contribution in [3.63, 3.8) is 0 Å². The van der Waals surface area contributed by atoms with Crippen molar-refractivity contribution in [2.24, 2.45) is 0 Å². The minimum atomic E-state index is -0.726. The van der Waals surface area contributed by atoms with Gasteiger partial charge in [-0.05, 0) is 37.8 Å². The van der Waals surface area contributed by atoms with Crippen LogP contribution in [-0.2, 0) is 11.2 Å². The minimum Gasteiger partial charge on any atom is -0.481 e. The maximum absolute atomic E-state index is 10.4. The van der Waals surface area contributed by atoms with E-state index in [4.69, 9.17) is 5.11 Å². The van der Waals surface area contributed by atoms with Crippen LogP contribution in [0.1, 0.15) is 36.9 Å². The number of aliphatic carboxylic acids is 1. The van der Waals surface area contributed by atoms with Crippen LogP contribution in [0.4, 0.5) is 0 Å². The number of para-hydroxylation sites is 1. The van der Waals surface area contributed by atoms with Crippen molar-refractivity contribution in [2.75, 3.05) is 0 Å². The van der Waals surface area contributed by atoms with Gasteiger partial charge in [-0.25, -0.2) is 4.68 Å². The van der Waals surface area contributed by atoms with E-state index in [9.17, 15) is 4.79 Å². The summed E-state index contributed by atoms with van der Waals surface area (Å²) in [5.41, 5.74) is 3.14. The van der Waals surface area contributed by atoms with Gasteiger partial charge in [-0.3, -0.25) is 4.79 Å². The van der Waals surface area contributed by atoms with Gasteiger partial charge >= 0.3 is 5.97 Å². The van der Waals surface area contributed by atoms with Crippen LogP contribution in [0.2, 0.25) is 0 Å².